The summed E-state index contributed by atoms with van der Waals surface area (Å²) in [7, 11) is 8.88. The maximum Gasteiger partial charge on any atom is 2.00 e. The number of hydrogen-bond donors (Lipinski definition) is 11. The number of carbonyl (C=O) groups excluding carboxylic acids is 2. The van der Waals surface area contributed by atoms with Crippen LogP contribution in [0.3, 0.4) is 0 Å². The van der Waals surface area contributed by atoms with E-state index in [4.69, 9.17) is 50.7 Å². The molecule has 11 aromatic rings. The Balaban J connectivity index is 0.000000280. The van der Waals surface area contributed by atoms with Crippen LogP contribution in [0.15, 0.2) is 139 Å². The Kier molecular flexibility index (Phi) is 42.3. The summed E-state index contributed by atoms with van der Waals surface area (Å²) in [5, 5.41) is 123. The Morgan fingerprint density at radius 2 is 0.891 bits per heavy atom. The van der Waals surface area contributed by atoms with Crippen molar-refractivity contribution in [3.05, 3.63) is 190 Å². The fourth-order valence-electron chi connectivity index (χ4n) is 15.7. The van der Waals surface area contributed by atoms with Crippen LogP contribution >= 0.6 is 10.7 Å². The number of nitrogen functional groups attached to an aromatic ring is 1. The standard InChI is InChI=1S/C22H26N4O3.C15H19N3O4.C15H21N3O2.C8H7N3O3.C8H16O.C7H7ClO2S.C7H7NO2.C7H14O2.C6H10O3.CH4.CH3.BrH.Mg/c1-13-6-5-7-17(23-13)21(27)24-19-8-14-12-26(25-18(14)11-20(19)29-4)16-9-15(10-16)22(2,3)28;1-15(2,19)10-5-11(6-10)17-8-9-4-13(18(20)21)14(22-3)7-12(9)16-17;1-15(2,19)10-5-11(6-10)18-8-9-4-12(16)14(20-3)7-13(9)17-18;1-14-8-3-6-5(4-9-10-6)2-7(8)11(12)13;1-6-4-7(5-6)8(2,3)9;1-6-2-4-7(5-3-6)11(8,9)10;1-5-3-2-4-6(8-5)7(9)10;1-7(2,9)5-3-6(8)4-5;1-9-6(8)4-2-5(7)3-4;;;;/h5-8,11-12,15-16,28H,9-10H2,1-4H3,(H,24,27);4,7-8,10-11,19H,5-6H2,1-3H3;4,7-8,10-11,19H,5-6,16H2,1-3H3;2-4H,1H3,(H,9,10);6-7,9H,4-5H2,1-3H3;2-5H,1H3;2-4H,1H3,(H,9,10);5-6,8-9H,3-4H2,1-2H3;4-5,7H,2-3H2,1H3;1H4;1H3;1H;/q;;;;;;;;;;-1;;+2/p-1. The number of nitrogens with zero attached hydrogens (tertiary/aromatic N) is 11. The van der Waals surface area contributed by atoms with Gasteiger partial charge in [-0.3, -0.25) is 49.0 Å². The average Bonchev–Trinajstić information content (AvgIpc) is 1.69. The van der Waals surface area contributed by atoms with Crippen LogP contribution in [0.4, 0.5) is 22.7 Å². The van der Waals surface area contributed by atoms with Gasteiger partial charge in [-0.05, 0) is 251 Å². The minimum absolute atomic E-state index is 0. The molecule has 12 N–H and O–H groups in total. The van der Waals surface area contributed by atoms with Crippen LogP contribution in [0.25, 0.3) is 43.6 Å². The van der Waals surface area contributed by atoms with E-state index in [0.717, 1.165) is 101 Å². The number of halogens is 2. The van der Waals surface area contributed by atoms with Gasteiger partial charge in [-0.2, -0.15) is 20.4 Å². The molecule has 6 aliphatic rings. The molecule has 6 aromatic heterocycles. The van der Waals surface area contributed by atoms with Crippen LogP contribution in [0, 0.1) is 89.9 Å². The molecule has 0 aliphatic heterocycles. The van der Waals surface area contributed by atoms with E-state index in [1.807, 2.05) is 132 Å². The molecule has 36 nitrogen and oxygen atoms in total. The molecule has 1 amide bonds. The molecule has 137 heavy (non-hydrogen) atoms. The number of amides is 1. The molecule has 0 radical (unpaired) electrons. The zero-order chi connectivity index (χ0) is 98.5. The number of nitro groups is 2. The number of carbonyl (C=O) groups is 3. The number of pyridine rings is 2. The van der Waals surface area contributed by atoms with E-state index in [2.05, 4.69) is 52.4 Å². The summed E-state index contributed by atoms with van der Waals surface area (Å²) in [5.74, 6) is 2.76. The number of esters is 1. The number of rotatable bonds is 19. The van der Waals surface area contributed by atoms with E-state index in [-0.39, 0.29) is 142 Å². The summed E-state index contributed by atoms with van der Waals surface area (Å²) >= 11 is 0. The fourth-order valence-corrected chi connectivity index (χ4v) is 16.5. The summed E-state index contributed by atoms with van der Waals surface area (Å²) in [6.07, 6.45) is 17.5. The SMILES string of the molecule is C.CC(C)(O)C1CC(O)C1.CC1CC(C(C)(C)O)C1.COC(=O)C1CC(O)C1.COc1cc2[nH]ncc2cc1[N+](=O)[O-].COc1cc2nn(C3CC(C(C)(C)O)C3)cc2cc1N.COc1cc2nn(C3CC(C(C)(C)O)C3)cc2cc1NC(=O)c1cccc(C)n1.COc1cc2nn(C3CC(C(C)(C)O)C3)cc2cc1[N+](=O)[O-].Cc1ccc(S(=O)(=O)Cl)cc1.Cc1cccc(C(=O)O)n1.[Br-].[CH3-].[Mg+2]. The van der Waals surface area contributed by atoms with Crippen LogP contribution in [-0.2, 0) is 18.6 Å². The topological polar surface area (TPSA) is 526 Å². The number of ether oxygens (including phenoxy) is 5. The van der Waals surface area contributed by atoms with Gasteiger partial charge in [0.05, 0.1) is 154 Å². The molecule has 0 spiro atoms. The predicted octanol–water partition coefficient (Wildman–Crippen LogP) is 13.2. The molecular formula is C97H134BrClMgN14O22S. The first-order chi connectivity index (χ1) is 62.1. The summed E-state index contributed by atoms with van der Waals surface area (Å²) in [5.41, 5.74) is 10.1. The molecule has 40 heteroatoms. The van der Waals surface area contributed by atoms with E-state index < -0.39 is 52.9 Å². The maximum atomic E-state index is 12.6. The second kappa shape index (κ2) is 49.5. The van der Waals surface area contributed by atoms with Gasteiger partial charge < -0.3 is 100.0 Å². The Bertz CT molecular complexity index is 5920. The van der Waals surface area contributed by atoms with Crippen LogP contribution in [-0.4, -0.2) is 225 Å². The van der Waals surface area contributed by atoms with E-state index in [9.17, 15) is 68.6 Å². The zero-order valence-electron chi connectivity index (χ0n) is 80.8. The van der Waals surface area contributed by atoms with Crippen molar-refractivity contribution >= 4 is 127 Å². The van der Waals surface area contributed by atoms with Gasteiger partial charge in [0.25, 0.3) is 15.0 Å². The first-order valence-corrected chi connectivity index (χ1v) is 46.1. The fraction of sp³-hybridized carbons (Fsp3) is 0.505. The van der Waals surface area contributed by atoms with Crippen molar-refractivity contribution in [3.8, 4) is 23.0 Å². The molecule has 746 valence electrons. The van der Waals surface area contributed by atoms with Crippen molar-refractivity contribution in [3.63, 3.8) is 0 Å². The molecule has 6 saturated carbocycles. The number of aromatic carboxylic acids is 1. The third-order valence-corrected chi connectivity index (χ3v) is 26.4. The minimum Gasteiger partial charge on any atom is -1.00 e. The minimum atomic E-state index is -3.55. The Morgan fingerprint density at radius 3 is 1.24 bits per heavy atom. The number of fused-ring (bicyclic) bond motifs is 4. The molecule has 0 unspecified atom stereocenters. The summed E-state index contributed by atoms with van der Waals surface area (Å²) in [6.45, 7) is 26.2. The van der Waals surface area contributed by atoms with E-state index in [1.54, 1.807) is 83.5 Å². The van der Waals surface area contributed by atoms with Gasteiger partial charge in [-0.15, -0.1) is 0 Å². The third-order valence-electron chi connectivity index (χ3n) is 25.0. The number of hydrogen-bond acceptors (Lipinski definition) is 28. The number of carboxylic acid groups (broad SMARTS) is 1. The summed E-state index contributed by atoms with van der Waals surface area (Å²) in [4.78, 5) is 62.4. The quantitative estimate of drug-likeness (QED) is 0.00681. The molecule has 5 aromatic carbocycles. The van der Waals surface area contributed by atoms with Gasteiger partial charge in [-0.25, -0.2) is 23.2 Å². The predicted molar refractivity (Wildman–Crippen MR) is 523 cm³/mol. The Labute approximate surface area is 830 Å². The average molecular weight is 2020 g/mol. The van der Waals surface area contributed by atoms with Gasteiger partial charge in [0, 0.05) is 98.6 Å². The van der Waals surface area contributed by atoms with Crippen LogP contribution in [0.1, 0.15) is 217 Å². The molecule has 6 fully saturated rings. The van der Waals surface area contributed by atoms with Gasteiger partial charge in [-0.1, -0.05) is 44.2 Å². The van der Waals surface area contributed by atoms with Crippen molar-refractivity contribution in [2.75, 3.05) is 46.6 Å². The monoisotopic (exact) mass is 2020 g/mol. The molecule has 17 rings (SSSR count). The summed E-state index contributed by atoms with van der Waals surface area (Å²) < 4.78 is 52.3. The second-order valence-corrected chi connectivity index (χ2v) is 40.3. The van der Waals surface area contributed by atoms with Gasteiger partial charge >= 0.3 is 46.4 Å². The van der Waals surface area contributed by atoms with Crippen LogP contribution < -0.4 is 47.0 Å². The molecule has 0 atom stereocenters. The van der Waals surface area contributed by atoms with E-state index in [1.165, 1.54) is 70.7 Å². The number of H-pyrrole nitrogens is 1. The third kappa shape index (κ3) is 32.4. The van der Waals surface area contributed by atoms with E-state index in [0.29, 0.717) is 81.6 Å². The number of benzene rings is 5. The normalized spacial score (nSPS) is 20.4. The number of nitrogens with one attached hydrogen (secondary N) is 2. The number of aromatic amines is 1. The van der Waals surface area contributed by atoms with Crippen LogP contribution in [0.2, 0.25) is 0 Å². The van der Waals surface area contributed by atoms with Gasteiger partial charge in [0.2, 0.25) is 0 Å². The first kappa shape index (κ1) is 117. The maximum absolute atomic E-state index is 12.6. The number of methoxy groups -OCH3 is 5. The molecule has 6 heterocycles. The Hall–Kier alpha value is -10.3. The second-order valence-electron chi connectivity index (χ2n) is 37.7. The van der Waals surface area contributed by atoms with Crippen molar-refractivity contribution in [1.82, 2.24) is 49.5 Å². The number of aromatic nitrogens is 10. The largest absolute Gasteiger partial charge is 2.00 e. The Morgan fingerprint density at radius 1 is 0.526 bits per heavy atom. The number of aliphatic hydroxyl groups excluding tert-OH is 2. The van der Waals surface area contributed by atoms with E-state index >= 15 is 0 Å². The molecule has 0 bridgehead atoms. The number of anilines is 2. The summed E-state index contributed by atoms with van der Waals surface area (Å²) in [6, 6.07) is 31.0. The number of nitrogens with two attached hydrogens (primary N) is 1. The molecular weight excluding hydrogens is 1880 g/mol. The van der Waals surface area contributed by atoms with Gasteiger partial charge in [0.1, 0.15) is 22.9 Å². The molecule has 6 aliphatic carbocycles. The first-order valence-electron chi connectivity index (χ1n) is 43.8. The smallest absolute Gasteiger partial charge is 1.00 e. The number of aryl methyl sites for hydroxylation is 3. The molecule has 0 saturated heterocycles. The van der Waals surface area contributed by atoms with Crippen molar-refractivity contribution < 1.29 is 114 Å². The van der Waals surface area contributed by atoms with Crippen molar-refractivity contribution in [2.24, 2.45) is 41.4 Å². The number of aliphatic hydroxyl groups is 7. The van der Waals surface area contributed by atoms with Crippen molar-refractivity contribution in [1.29, 1.82) is 0 Å². The number of carboxylic acids is 1. The number of nitro benzene ring substituents is 2. The van der Waals surface area contributed by atoms with Gasteiger partial charge in [0.15, 0.2) is 11.5 Å². The van der Waals surface area contributed by atoms with Crippen molar-refractivity contribution in [2.45, 2.75) is 245 Å². The zero-order valence-corrected chi connectivity index (χ0v) is 85.3. The van der Waals surface area contributed by atoms with Crippen LogP contribution in [0.5, 0.6) is 23.0 Å².